The van der Waals surface area contributed by atoms with Gasteiger partial charge in [-0.3, -0.25) is 4.68 Å². The molecule has 23 heavy (non-hydrogen) atoms. The van der Waals surface area contributed by atoms with Crippen molar-refractivity contribution in [2.75, 3.05) is 19.0 Å². The summed E-state index contributed by atoms with van der Waals surface area (Å²) in [5, 5.41) is 7.23. The molecule has 1 aromatic heterocycles. The molecule has 1 aromatic carbocycles. The van der Waals surface area contributed by atoms with Crippen LogP contribution in [0.25, 0.3) is 0 Å². The molecule has 3 rings (SSSR count). The summed E-state index contributed by atoms with van der Waals surface area (Å²) in [6.45, 7) is 1.52. The van der Waals surface area contributed by atoms with Crippen LogP contribution >= 0.6 is 0 Å². The van der Waals surface area contributed by atoms with E-state index in [1.807, 2.05) is 46.1 Å². The number of rotatable bonds is 4. The number of hydrogen-bond acceptors (Lipinski definition) is 3. The number of likely N-dealkylation sites (tertiary alicyclic amines) is 1. The quantitative estimate of drug-likeness (QED) is 0.944. The maximum absolute atomic E-state index is 12.6. The Bertz CT molecular complexity index is 625. The Morgan fingerprint density at radius 2 is 2.17 bits per heavy atom. The molecule has 0 radical (unpaired) electrons. The molecule has 1 fully saturated rings. The predicted molar refractivity (Wildman–Crippen MR) is 88.6 cm³/mol. The molecular weight excluding hydrogens is 292 g/mol. The molecule has 0 aliphatic carbocycles. The number of amides is 2. The summed E-state index contributed by atoms with van der Waals surface area (Å²) in [5.41, 5.74) is 0.777. The third-order valence-corrected chi connectivity index (χ3v) is 4.19. The zero-order valence-electron chi connectivity index (χ0n) is 13.3. The van der Waals surface area contributed by atoms with Gasteiger partial charge in [0.05, 0.1) is 19.7 Å². The van der Waals surface area contributed by atoms with Crippen LogP contribution in [-0.4, -0.2) is 40.4 Å². The number of nitrogens with zero attached hydrogens (tertiary/aromatic N) is 3. The first-order valence-corrected chi connectivity index (χ1v) is 7.95. The molecule has 1 unspecified atom stereocenters. The summed E-state index contributed by atoms with van der Waals surface area (Å²) in [7, 11) is 1.63. The number of ether oxygens (including phenoxy) is 1. The first-order valence-electron chi connectivity index (χ1n) is 7.95. The Hall–Kier alpha value is -2.50. The second kappa shape index (κ2) is 7.17. The van der Waals surface area contributed by atoms with E-state index in [2.05, 4.69) is 10.4 Å². The standard InChI is InChI=1S/C17H22N4O2/c1-23-16-8-6-14(7-9-16)19-17(22)21-12-3-2-5-15(21)13-20-11-4-10-18-20/h4,6-11,15H,2-3,5,12-13H2,1H3,(H,19,22). The summed E-state index contributed by atoms with van der Waals surface area (Å²) in [4.78, 5) is 14.5. The van der Waals surface area contributed by atoms with Crippen LogP contribution in [0.5, 0.6) is 5.75 Å². The molecule has 122 valence electrons. The normalized spacial score (nSPS) is 17.8. The SMILES string of the molecule is COc1ccc(NC(=O)N2CCCCC2Cn2cccn2)cc1. The van der Waals surface area contributed by atoms with Crippen molar-refractivity contribution < 1.29 is 9.53 Å². The Morgan fingerprint density at radius 3 is 2.87 bits per heavy atom. The van der Waals surface area contributed by atoms with Crippen LogP contribution in [0.2, 0.25) is 0 Å². The van der Waals surface area contributed by atoms with Gasteiger partial charge in [-0.2, -0.15) is 5.10 Å². The van der Waals surface area contributed by atoms with E-state index in [1.165, 1.54) is 0 Å². The number of piperidine rings is 1. The highest BCUT2D eigenvalue weighted by Crippen LogP contribution is 2.21. The maximum atomic E-state index is 12.6. The van der Waals surface area contributed by atoms with E-state index in [0.29, 0.717) is 0 Å². The highest BCUT2D eigenvalue weighted by molar-refractivity contribution is 5.89. The van der Waals surface area contributed by atoms with E-state index in [0.717, 1.165) is 43.8 Å². The zero-order valence-corrected chi connectivity index (χ0v) is 13.3. The minimum atomic E-state index is -0.0491. The van der Waals surface area contributed by atoms with E-state index in [-0.39, 0.29) is 12.1 Å². The first kappa shape index (κ1) is 15.4. The van der Waals surface area contributed by atoms with Crippen LogP contribution in [0.4, 0.5) is 10.5 Å². The van der Waals surface area contributed by atoms with E-state index in [9.17, 15) is 4.79 Å². The van der Waals surface area contributed by atoms with Gasteiger partial charge >= 0.3 is 6.03 Å². The van der Waals surface area contributed by atoms with E-state index in [1.54, 1.807) is 13.3 Å². The number of anilines is 1. The van der Waals surface area contributed by atoms with Crippen molar-refractivity contribution in [3.63, 3.8) is 0 Å². The van der Waals surface area contributed by atoms with Gasteiger partial charge in [0.25, 0.3) is 0 Å². The Morgan fingerprint density at radius 1 is 1.35 bits per heavy atom. The minimum Gasteiger partial charge on any atom is -0.497 e. The third kappa shape index (κ3) is 3.83. The van der Waals surface area contributed by atoms with Gasteiger partial charge in [0.2, 0.25) is 0 Å². The fourth-order valence-corrected chi connectivity index (χ4v) is 2.95. The molecular formula is C17H22N4O2. The van der Waals surface area contributed by atoms with Crippen LogP contribution in [-0.2, 0) is 6.54 Å². The molecule has 0 bridgehead atoms. The van der Waals surface area contributed by atoms with Crippen molar-refractivity contribution in [2.24, 2.45) is 0 Å². The number of carbonyl (C=O) groups is 1. The van der Waals surface area contributed by atoms with Crippen LogP contribution < -0.4 is 10.1 Å². The van der Waals surface area contributed by atoms with E-state index in [4.69, 9.17) is 4.74 Å². The molecule has 6 nitrogen and oxygen atoms in total. The molecule has 0 spiro atoms. The summed E-state index contributed by atoms with van der Waals surface area (Å²) >= 11 is 0. The molecule has 2 aromatic rings. The van der Waals surface area contributed by atoms with Gasteiger partial charge in [0.1, 0.15) is 5.75 Å². The predicted octanol–water partition coefficient (Wildman–Crippen LogP) is 2.98. The molecule has 2 amide bonds. The van der Waals surface area contributed by atoms with E-state index < -0.39 is 0 Å². The minimum absolute atomic E-state index is 0.0491. The molecule has 1 aliphatic rings. The van der Waals surface area contributed by atoms with Crippen molar-refractivity contribution in [3.05, 3.63) is 42.7 Å². The summed E-state index contributed by atoms with van der Waals surface area (Å²) < 4.78 is 7.03. The van der Waals surface area contributed by atoms with Crippen LogP contribution in [0.3, 0.4) is 0 Å². The highest BCUT2D eigenvalue weighted by Gasteiger charge is 2.27. The van der Waals surface area contributed by atoms with Gasteiger partial charge in [-0.25, -0.2) is 4.79 Å². The molecule has 2 heterocycles. The summed E-state index contributed by atoms with van der Waals surface area (Å²) in [6, 6.07) is 9.42. The van der Waals surface area contributed by atoms with Crippen LogP contribution in [0.1, 0.15) is 19.3 Å². The lowest BCUT2D eigenvalue weighted by Crippen LogP contribution is -2.47. The van der Waals surface area contributed by atoms with Gasteiger partial charge in [-0.05, 0) is 49.6 Å². The van der Waals surface area contributed by atoms with Crippen molar-refractivity contribution in [1.29, 1.82) is 0 Å². The average molecular weight is 314 g/mol. The number of nitrogens with one attached hydrogen (secondary N) is 1. The third-order valence-electron chi connectivity index (χ3n) is 4.19. The second-order valence-electron chi connectivity index (χ2n) is 5.73. The Kier molecular flexibility index (Phi) is 4.80. The number of methoxy groups -OCH3 is 1. The van der Waals surface area contributed by atoms with Gasteiger partial charge in [-0.15, -0.1) is 0 Å². The number of aromatic nitrogens is 2. The fraction of sp³-hybridized carbons (Fsp3) is 0.412. The van der Waals surface area contributed by atoms with Crippen molar-refractivity contribution in [2.45, 2.75) is 31.8 Å². The monoisotopic (exact) mass is 314 g/mol. The number of benzene rings is 1. The maximum Gasteiger partial charge on any atom is 0.322 e. The van der Waals surface area contributed by atoms with E-state index >= 15 is 0 Å². The topological polar surface area (TPSA) is 59.4 Å². The van der Waals surface area contributed by atoms with Crippen LogP contribution in [0, 0.1) is 0 Å². The number of carbonyl (C=O) groups excluding carboxylic acids is 1. The van der Waals surface area contributed by atoms with Gasteiger partial charge in [-0.1, -0.05) is 0 Å². The second-order valence-corrected chi connectivity index (χ2v) is 5.73. The zero-order chi connectivity index (χ0) is 16.1. The van der Waals surface area contributed by atoms with Crippen LogP contribution in [0.15, 0.2) is 42.7 Å². The average Bonchev–Trinajstić information content (AvgIpc) is 3.09. The van der Waals surface area contributed by atoms with Crippen molar-refractivity contribution in [1.82, 2.24) is 14.7 Å². The lowest BCUT2D eigenvalue weighted by molar-refractivity contribution is 0.150. The molecule has 1 N–H and O–H groups in total. The molecule has 1 aliphatic heterocycles. The van der Waals surface area contributed by atoms with Crippen molar-refractivity contribution >= 4 is 11.7 Å². The smallest absolute Gasteiger partial charge is 0.322 e. The highest BCUT2D eigenvalue weighted by atomic mass is 16.5. The largest absolute Gasteiger partial charge is 0.497 e. The fourth-order valence-electron chi connectivity index (χ4n) is 2.95. The molecule has 1 atom stereocenters. The molecule has 1 saturated heterocycles. The van der Waals surface area contributed by atoms with Gasteiger partial charge < -0.3 is 15.0 Å². The van der Waals surface area contributed by atoms with Gasteiger partial charge in [0.15, 0.2) is 0 Å². The Labute approximate surface area is 136 Å². The molecule has 6 heteroatoms. The lowest BCUT2D eigenvalue weighted by Gasteiger charge is -2.35. The summed E-state index contributed by atoms with van der Waals surface area (Å²) in [6.07, 6.45) is 6.92. The van der Waals surface area contributed by atoms with Crippen molar-refractivity contribution in [3.8, 4) is 5.75 Å². The number of hydrogen-bond donors (Lipinski definition) is 1. The lowest BCUT2D eigenvalue weighted by atomic mass is 10.0. The van der Waals surface area contributed by atoms with Gasteiger partial charge in [0, 0.05) is 24.6 Å². The molecule has 0 saturated carbocycles. The Balaban J connectivity index is 1.65. The summed E-state index contributed by atoms with van der Waals surface area (Å²) in [5.74, 6) is 0.775. The first-order chi connectivity index (χ1) is 11.3. The number of urea groups is 1.